The second-order valence-electron chi connectivity index (χ2n) is 5.22. The van der Waals surface area contributed by atoms with E-state index in [4.69, 9.17) is 0 Å². The van der Waals surface area contributed by atoms with E-state index in [1.807, 2.05) is 6.20 Å². The number of aryl methyl sites for hydroxylation is 2. The third kappa shape index (κ3) is 4.83. The van der Waals surface area contributed by atoms with Gasteiger partial charge >= 0.3 is 0 Å². The largest absolute Gasteiger partial charge is 0.309 e. The zero-order valence-electron chi connectivity index (χ0n) is 13.0. The van der Waals surface area contributed by atoms with E-state index in [2.05, 4.69) is 54.3 Å². The van der Waals surface area contributed by atoms with Crippen LogP contribution in [0.3, 0.4) is 0 Å². The molecule has 1 unspecified atom stereocenters. The molecule has 2 rings (SSSR count). The summed E-state index contributed by atoms with van der Waals surface area (Å²) in [5.41, 5.74) is 4.04. The number of nitrogens with zero attached hydrogens (tertiary/aromatic N) is 2. The fourth-order valence-corrected chi connectivity index (χ4v) is 3.23. The minimum Gasteiger partial charge on any atom is -0.309 e. The van der Waals surface area contributed by atoms with Crippen molar-refractivity contribution in [2.75, 3.05) is 12.3 Å². The van der Waals surface area contributed by atoms with Crippen molar-refractivity contribution in [2.45, 2.75) is 38.3 Å². The van der Waals surface area contributed by atoms with Crippen molar-refractivity contribution >= 4 is 11.8 Å². The molecule has 1 aromatic carbocycles. The summed E-state index contributed by atoms with van der Waals surface area (Å²) in [6.45, 7) is 7.55. The Morgan fingerprint density at radius 2 is 2.10 bits per heavy atom. The van der Waals surface area contributed by atoms with Gasteiger partial charge in [0.05, 0.1) is 6.20 Å². The molecule has 0 saturated carbocycles. The lowest BCUT2D eigenvalue weighted by atomic mass is 10.00. The first-order valence-electron chi connectivity index (χ1n) is 7.40. The number of benzene rings is 1. The predicted octanol–water partition coefficient (Wildman–Crippen LogP) is 3.93. The zero-order chi connectivity index (χ0) is 15.1. The van der Waals surface area contributed by atoms with Crippen LogP contribution in [0.1, 0.15) is 36.1 Å². The number of thioether (sulfide) groups is 1. The smallest absolute Gasteiger partial charge is 0.114 e. The van der Waals surface area contributed by atoms with Gasteiger partial charge in [0.1, 0.15) is 5.03 Å². The highest BCUT2D eigenvalue weighted by molar-refractivity contribution is 7.99. The molecule has 0 radical (unpaired) electrons. The van der Waals surface area contributed by atoms with Crippen LogP contribution >= 0.6 is 11.8 Å². The second kappa shape index (κ2) is 8.15. The summed E-state index contributed by atoms with van der Waals surface area (Å²) in [5, 5.41) is 4.62. The molecule has 0 amide bonds. The molecule has 1 N–H and O–H groups in total. The lowest BCUT2D eigenvalue weighted by Crippen LogP contribution is -2.25. The molecule has 1 heterocycles. The maximum absolute atomic E-state index is 4.33. The Morgan fingerprint density at radius 1 is 1.24 bits per heavy atom. The number of nitrogens with one attached hydrogen (secondary N) is 1. The quantitative estimate of drug-likeness (QED) is 0.786. The molecule has 1 aromatic heterocycles. The Hall–Kier alpha value is -1.39. The highest BCUT2D eigenvalue weighted by Crippen LogP contribution is 2.25. The first kappa shape index (κ1) is 16.0. The van der Waals surface area contributed by atoms with Crippen molar-refractivity contribution in [3.05, 3.63) is 53.5 Å². The average molecular weight is 301 g/mol. The van der Waals surface area contributed by atoms with Gasteiger partial charge in [0, 0.05) is 24.2 Å². The molecule has 4 heteroatoms. The van der Waals surface area contributed by atoms with Gasteiger partial charge in [-0.2, -0.15) is 0 Å². The van der Waals surface area contributed by atoms with Gasteiger partial charge in [-0.25, -0.2) is 4.98 Å². The average Bonchev–Trinajstić information content (AvgIpc) is 2.49. The maximum Gasteiger partial charge on any atom is 0.114 e. The van der Waals surface area contributed by atoms with E-state index in [0.717, 1.165) is 23.7 Å². The number of hydrogen-bond acceptors (Lipinski definition) is 4. The fourth-order valence-electron chi connectivity index (χ4n) is 2.32. The van der Waals surface area contributed by atoms with E-state index in [1.54, 1.807) is 24.2 Å². The minimum absolute atomic E-state index is 0.345. The van der Waals surface area contributed by atoms with Gasteiger partial charge in [-0.05, 0) is 37.9 Å². The van der Waals surface area contributed by atoms with Crippen LogP contribution in [-0.2, 0) is 0 Å². The normalized spacial score (nSPS) is 12.3. The number of hydrogen-bond donors (Lipinski definition) is 1. The predicted molar refractivity (Wildman–Crippen MR) is 89.7 cm³/mol. The molecule has 3 nitrogen and oxygen atoms in total. The van der Waals surface area contributed by atoms with Gasteiger partial charge in [0.15, 0.2) is 0 Å². The molecule has 0 saturated heterocycles. The highest BCUT2D eigenvalue weighted by Gasteiger charge is 2.14. The van der Waals surface area contributed by atoms with Gasteiger partial charge in [0.25, 0.3) is 0 Å². The summed E-state index contributed by atoms with van der Waals surface area (Å²) in [7, 11) is 0. The van der Waals surface area contributed by atoms with Crippen molar-refractivity contribution in [3.8, 4) is 0 Å². The summed E-state index contributed by atoms with van der Waals surface area (Å²) >= 11 is 1.75. The second-order valence-corrected chi connectivity index (χ2v) is 6.26. The standard InChI is InChI=1S/C17H23N3S/c1-4-7-19-16(12-21-17-11-18-8-9-20-17)15-6-5-13(2)10-14(15)3/h5-6,8-11,16,19H,4,7,12H2,1-3H3. The van der Waals surface area contributed by atoms with E-state index in [0.29, 0.717) is 6.04 Å². The summed E-state index contributed by atoms with van der Waals surface area (Å²) in [6, 6.07) is 7.03. The Morgan fingerprint density at radius 3 is 2.76 bits per heavy atom. The molecule has 0 aliphatic heterocycles. The van der Waals surface area contributed by atoms with Crippen molar-refractivity contribution in [3.63, 3.8) is 0 Å². The van der Waals surface area contributed by atoms with Crippen LogP contribution in [0.25, 0.3) is 0 Å². The summed E-state index contributed by atoms with van der Waals surface area (Å²) in [4.78, 5) is 8.46. The monoisotopic (exact) mass is 301 g/mol. The van der Waals surface area contributed by atoms with Crippen LogP contribution in [0.2, 0.25) is 0 Å². The van der Waals surface area contributed by atoms with Crippen LogP contribution < -0.4 is 5.32 Å². The van der Waals surface area contributed by atoms with Crippen LogP contribution in [0.15, 0.2) is 41.8 Å². The molecule has 2 aromatic rings. The first-order chi connectivity index (χ1) is 10.2. The highest BCUT2D eigenvalue weighted by atomic mass is 32.2. The lowest BCUT2D eigenvalue weighted by molar-refractivity contribution is 0.575. The van der Waals surface area contributed by atoms with E-state index in [9.17, 15) is 0 Å². The van der Waals surface area contributed by atoms with E-state index >= 15 is 0 Å². The summed E-state index contributed by atoms with van der Waals surface area (Å²) in [6.07, 6.45) is 6.41. The fraction of sp³-hybridized carbons (Fsp3) is 0.412. The van der Waals surface area contributed by atoms with Gasteiger partial charge in [-0.1, -0.05) is 30.7 Å². The number of rotatable bonds is 7. The van der Waals surface area contributed by atoms with Crippen LogP contribution in [0, 0.1) is 13.8 Å². The maximum atomic E-state index is 4.33. The summed E-state index contributed by atoms with van der Waals surface area (Å²) in [5.74, 6) is 0.961. The molecule has 0 spiro atoms. The van der Waals surface area contributed by atoms with Crippen LogP contribution in [-0.4, -0.2) is 22.3 Å². The van der Waals surface area contributed by atoms with Crippen molar-refractivity contribution in [1.82, 2.24) is 15.3 Å². The Bertz CT molecular complexity index is 557. The topological polar surface area (TPSA) is 37.8 Å². The van der Waals surface area contributed by atoms with Gasteiger partial charge in [-0.3, -0.25) is 4.98 Å². The molecule has 0 aliphatic carbocycles. The Kier molecular flexibility index (Phi) is 6.21. The molecule has 0 fully saturated rings. The third-order valence-electron chi connectivity index (χ3n) is 3.38. The Balaban J connectivity index is 2.10. The van der Waals surface area contributed by atoms with Crippen molar-refractivity contribution < 1.29 is 0 Å². The van der Waals surface area contributed by atoms with Crippen molar-refractivity contribution in [2.24, 2.45) is 0 Å². The van der Waals surface area contributed by atoms with Crippen LogP contribution in [0.4, 0.5) is 0 Å². The first-order valence-corrected chi connectivity index (χ1v) is 8.38. The van der Waals surface area contributed by atoms with Gasteiger partial charge in [-0.15, -0.1) is 11.8 Å². The molecular weight excluding hydrogens is 278 g/mol. The number of aromatic nitrogens is 2. The summed E-state index contributed by atoms with van der Waals surface area (Å²) < 4.78 is 0. The SMILES string of the molecule is CCCNC(CSc1cnccn1)c1ccc(C)cc1C. The molecule has 0 aliphatic rings. The van der Waals surface area contributed by atoms with E-state index in [-0.39, 0.29) is 0 Å². The minimum atomic E-state index is 0.345. The molecule has 112 valence electrons. The van der Waals surface area contributed by atoms with E-state index in [1.165, 1.54) is 16.7 Å². The zero-order valence-corrected chi connectivity index (χ0v) is 13.8. The Labute approximate surface area is 131 Å². The molecule has 1 atom stereocenters. The molecular formula is C17H23N3S. The van der Waals surface area contributed by atoms with E-state index < -0.39 is 0 Å². The molecule has 0 bridgehead atoms. The van der Waals surface area contributed by atoms with Gasteiger partial charge < -0.3 is 5.32 Å². The van der Waals surface area contributed by atoms with Crippen molar-refractivity contribution in [1.29, 1.82) is 0 Å². The lowest BCUT2D eigenvalue weighted by Gasteiger charge is -2.21. The molecule has 21 heavy (non-hydrogen) atoms. The van der Waals surface area contributed by atoms with Crippen LogP contribution in [0.5, 0.6) is 0 Å². The van der Waals surface area contributed by atoms with Gasteiger partial charge in [0.2, 0.25) is 0 Å². The third-order valence-corrected chi connectivity index (χ3v) is 4.39.